The lowest BCUT2D eigenvalue weighted by atomic mass is 10.4. The Morgan fingerprint density at radius 1 is 1.30 bits per heavy atom. The summed E-state index contributed by atoms with van der Waals surface area (Å²) < 4.78 is 1.29. The Kier molecular flexibility index (Phi) is 6.02. The Balaban J connectivity index is 0.000000236. The highest BCUT2D eigenvalue weighted by molar-refractivity contribution is 14.1. The Hall–Kier alpha value is -0.670. The van der Waals surface area contributed by atoms with Crippen molar-refractivity contribution in [3.8, 4) is 0 Å². The van der Waals surface area contributed by atoms with Crippen molar-refractivity contribution in [2.45, 2.75) is 0 Å². The van der Waals surface area contributed by atoms with Gasteiger partial charge in [-0.05, 0) is 34.7 Å². The van der Waals surface area contributed by atoms with Crippen LogP contribution in [0.15, 0.2) is 30.3 Å². The smallest absolute Gasteiger partial charge is 0.222 e. The van der Waals surface area contributed by atoms with E-state index in [1.165, 1.54) is 3.57 Å². The minimum absolute atomic E-state index is 0.750. The third kappa shape index (κ3) is 5.47. The molecule has 3 heteroatoms. The van der Waals surface area contributed by atoms with Crippen LogP contribution in [-0.4, -0.2) is 6.08 Å². The summed E-state index contributed by atoms with van der Waals surface area (Å²) in [7, 11) is 0. The molecule has 52 valence electrons. The molecule has 0 fully saturated rings. The van der Waals surface area contributed by atoms with E-state index in [1.54, 1.807) is 0 Å². The van der Waals surface area contributed by atoms with Gasteiger partial charge in [0.1, 0.15) is 0 Å². The Morgan fingerprint density at radius 3 is 1.90 bits per heavy atom. The van der Waals surface area contributed by atoms with Gasteiger partial charge in [0.2, 0.25) is 6.08 Å². The summed E-state index contributed by atoms with van der Waals surface area (Å²) in [4.78, 5) is 8.35. The summed E-state index contributed by atoms with van der Waals surface area (Å²) in [5, 5.41) is 5.40. The molecule has 2 nitrogen and oxygen atoms in total. The van der Waals surface area contributed by atoms with Crippen LogP contribution in [0.25, 0.3) is 0 Å². The number of rotatable bonds is 0. The van der Waals surface area contributed by atoms with Crippen molar-refractivity contribution in [3.05, 3.63) is 33.9 Å². The van der Waals surface area contributed by atoms with E-state index < -0.39 is 0 Å². The summed E-state index contributed by atoms with van der Waals surface area (Å²) in [6.07, 6.45) is 0.750. The molecule has 0 saturated carbocycles. The third-order valence-electron chi connectivity index (χ3n) is 0.733. The fourth-order valence-electron chi connectivity index (χ4n) is 0.415. The van der Waals surface area contributed by atoms with Crippen LogP contribution in [0.2, 0.25) is 0 Å². The van der Waals surface area contributed by atoms with Gasteiger partial charge in [0.05, 0.1) is 0 Å². The van der Waals surface area contributed by atoms with Crippen LogP contribution in [0.5, 0.6) is 0 Å². The molecule has 0 spiro atoms. The van der Waals surface area contributed by atoms with E-state index in [4.69, 9.17) is 10.2 Å². The highest BCUT2D eigenvalue weighted by Crippen LogP contribution is 1.99. The fraction of sp³-hybridized carbons (Fsp3) is 0. The SMILES string of the molecule is Ic1ccccc1.N=C=O. The van der Waals surface area contributed by atoms with Gasteiger partial charge in [0, 0.05) is 3.57 Å². The Morgan fingerprint density at radius 2 is 1.70 bits per heavy atom. The van der Waals surface area contributed by atoms with Gasteiger partial charge in [-0.25, -0.2) is 10.2 Å². The van der Waals surface area contributed by atoms with Gasteiger partial charge in [0.15, 0.2) is 0 Å². The van der Waals surface area contributed by atoms with Crippen molar-refractivity contribution in [2.75, 3.05) is 0 Å². The van der Waals surface area contributed by atoms with E-state index >= 15 is 0 Å². The van der Waals surface area contributed by atoms with E-state index in [0.717, 1.165) is 6.08 Å². The molecule has 1 aromatic rings. The zero-order valence-corrected chi connectivity index (χ0v) is 7.33. The van der Waals surface area contributed by atoms with Gasteiger partial charge >= 0.3 is 0 Å². The predicted molar refractivity (Wildman–Crippen MR) is 47.6 cm³/mol. The topological polar surface area (TPSA) is 40.9 Å². The van der Waals surface area contributed by atoms with Gasteiger partial charge < -0.3 is 0 Å². The second-order valence-electron chi connectivity index (χ2n) is 1.40. The number of halogens is 1. The molecule has 0 radical (unpaired) electrons. The molecule has 0 amide bonds. The predicted octanol–water partition coefficient (Wildman–Crippen LogP) is 2.19. The summed E-state index contributed by atoms with van der Waals surface area (Å²) in [5.74, 6) is 0. The van der Waals surface area contributed by atoms with Crippen molar-refractivity contribution in [1.29, 1.82) is 5.41 Å². The normalized spacial score (nSPS) is 6.90. The summed E-state index contributed by atoms with van der Waals surface area (Å²) in [5.41, 5.74) is 0. The summed E-state index contributed by atoms with van der Waals surface area (Å²) in [6, 6.07) is 10.2. The van der Waals surface area contributed by atoms with Crippen molar-refractivity contribution in [1.82, 2.24) is 0 Å². The van der Waals surface area contributed by atoms with Gasteiger partial charge in [-0.3, -0.25) is 0 Å². The van der Waals surface area contributed by atoms with E-state index in [1.807, 2.05) is 18.2 Å². The molecule has 0 unspecified atom stereocenters. The first kappa shape index (κ1) is 9.33. The number of benzene rings is 1. The van der Waals surface area contributed by atoms with Crippen LogP contribution < -0.4 is 0 Å². The molecule has 0 bridgehead atoms. The van der Waals surface area contributed by atoms with Crippen LogP contribution in [0.4, 0.5) is 0 Å². The average molecular weight is 247 g/mol. The summed E-state index contributed by atoms with van der Waals surface area (Å²) >= 11 is 2.28. The zero-order chi connectivity index (χ0) is 7.82. The number of hydrogen-bond acceptors (Lipinski definition) is 2. The van der Waals surface area contributed by atoms with Gasteiger partial charge in [-0.15, -0.1) is 0 Å². The minimum atomic E-state index is 0.750. The second-order valence-corrected chi connectivity index (χ2v) is 2.64. The fourth-order valence-corrected chi connectivity index (χ4v) is 0.830. The molecule has 0 aliphatic rings. The van der Waals surface area contributed by atoms with Crippen molar-refractivity contribution in [3.63, 3.8) is 0 Å². The van der Waals surface area contributed by atoms with Crippen molar-refractivity contribution < 1.29 is 4.79 Å². The molecule has 10 heavy (non-hydrogen) atoms. The summed E-state index contributed by atoms with van der Waals surface area (Å²) in [6.45, 7) is 0. The monoisotopic (exact) mass is 247 g/mol. The van der Waals surface area contributed by atoms with E-state index in [0.29, 0.717) is 0 Å². The third-order valence-corrected chi connectivity index (χ3v) is 1.45. The standard InChI is InChI=1S/C6H5I.CHNO/c7-6-4-2-1-3-5-6;2-1-3/h1-5H;2H. The maximum atomic E-state index is 8.35. The molecule has 0 heterocycles. The van der Waals surface area contributed by atoms with E-state index in [2.05, 4.69) is 34.7 Å². The molecule has 1 N–H and O–H groups in total. The number of carbonyl (C=O) groups excluding carboxylic acids is 1. The van der Waals surface area contributed by atoms with Crippen molar-refractivity contribution in [2.24, 2.45) is 0 Å². The van der Waals surface area contributed by atoms with Crippen molar-refractivity contribution >= 4 is 28.7 Å². The molecule has 0 aliphatic carbocycles. The lowest BCUT2D eigenvalue weighted by molar-refractivity contribution is 0.563. The lowest BCUT2D eigenvalue weighted by Crippen LogP contribution is -1.61. The molecular formula is C7H6INO. The second kappa shape index (κ2) is 6.45. The minimum Gasteiger partial charge on any atom is -0.222 e. The Bertz CT molecular complexity index is 204. The van der Waals surface area contributed by atoms with E-state index in [-0.39, 0.29) is 0 Å². The first-order valence-corrected chi connectivity index (χ1v) is 3.63. The Labute approximate surface area is 72.9 Å². The van der Waals surface area contributed by atoms with Crippen LogP contribution in [0.3, 0.4) is 0 Å². The average Bonchev–Trinajstić information content (AvgIpc) is 1.91. The molecule has 0 saturated heterocycles. The molecule has 0 atom stereocenters. The molecule has 0 aromatic heterocycles. The van der Waals surface area contributed by atoms with Crippen LogP contribution in [0.1, 0.15) is 0 Å². The zero-order valence-electron chi connectivity index (χ0n) is 5.17. The van der Waals surface area contributed by atoms with Crippen LogP contribution in [-0.2, 0) is 4.79 Å². The maximum absolute atomic E-state index is 8.35. The van der Waals surface area contributed by atoms with Gasteiger partial charge in [-0.1, -0.05) is 18.2 Å². The lowest BCUT2D eigenvalue weighted by Gasteiger charge is -1.80. The van der Waals surface area contributed by atoms with Crippen LogP contribution >= 0.6 is 22.6 Å². The molecule has 1 rings (SSSR count). The maximum Gasteiger partial charge on any atom is 0.231 e. The van der Waals surface area contributed by atoms with Gasteiger partial charge in [-0.2, -0.15) is 0 Å². The van der Waals surface area contributed by atoms with Gasteiger partial charge in [0.25, 0.3) is 0 Å². The number of hydrogen-bond donors (Lipinski definition) is 1. The largest absolute Gasteiger partial charge is 0.231 e. The van der Waals surface area contributed by atoms with Crippen LogP contribution in [0, 0.1) is 8.98 Å². The quantitative estimate of drug-likeness (QED) is 0.426. The van der Waals surface area contributed by atoms with E-state index in [9.17, 15) is 0 Å². The number of nitrogens with one attached hydrogen (secondary N) is 1. The number of isocyanates is 1. The first-order valence-electron chi connectivity index (χ1n) is 2.55. The first-order chi connectivity index (χ1) is 4.81. The highest BCUT2D eigenvalue weighted by Gasteiger charge is 1.74. The molecule has 0 aliphatic heterocycles. The molecule has 1 aromatic carbocycles. The highest BCUT2D eigenvalue weighted by atomic mass is 127. The molecular weight excluding hydrogens is 241 g/mol.